The predicted molar refractivity (Wildman–Crippen MR) is 121 cm³/mol. The molecule has 7 nitrogen and oxygen atoms in total. The second-order valence-corrected chi connectivity index (χ2v) is 7.12. The summed E-state index contributed by atoms with van der Waals surface area (Å²) in [4.78, 5) is 21.1. The van der Waals surface area contributed by atoms with Gasteiger partial charge in [0.15, 0.2) is 5.96 Å². The number of benzene rings is 2. The summed E-state index contributed by atoms with van der Waals surface area (Å²) >= 11 is 0. The molecule has 1 fully saturated rings. The normalized spacial score (nSPS) is 14.4. The Bertz CT molecular complexity index is 832. The molecular weight excluding hydrogens is 378 g/mol. The molecule has 1 heterocycles. The van der Waals surface area contributed by atoms with Crippen LogP contribution in [0, 0.1) is 0 Å². The van der Waals surface area contributed by atoms with Gasteiger partial charge in [-0.25, -0.2) is 0 Å². The maximum absolute atomic E-state index is 12.6. The van der Waals surface area contributed by atoms with Gasteiger partial charge < -0.3 is 25.2 Å². The van der Waals surface area contributed by atoms with Crippen LogP contribution in [-0.2, 0) is 11.3 Å². The Hall–Kier alpha value is -3.22. The quantitative estimate of drug-likeness (QED) is 0.541. The number of nitrogens with zero attached hydrogens (tertiary/aromatic N) is 3. The molecule has 0 aromatic heterocycles. The number of aliphatic imine (C=N–C) groups is 1. The highest BCUT2D eigenvalue weighted by atomic mass is 16.5. The van der Waals surface area contributed by atoms with Gasteiger partial charge in [-0.05, 0) is 18.2 Å². The Morgan fingerprint density at radius 1 is 1.00 bits per heavy atom. The van der Waals surface area contributed by atoms with Gasteiger partial charge in [0.25, 0.3) is 0 Å². The minimum absolute atomic E-state index is 0.176. The van der Waals surface area contributed by atoms with E-state index in [2.05, 4.69) is 32.7 Å². The number of nitrogens with one attached hydrogen (secondary N) is 2. The Labute approximate surface area is 178 Å². The highest BCUT2D eigenvalue weighted by Crippen LogP contribution is 2.17. The van der Waals surface area contributed by atoms with Crippen LogP contribution in [0.5, 0.6) is 5.75 Å². The molecule has 0 spiro atoms. The molecule has 160 valence electrons. The highest BCUT2D eigenvalue weighted by Gasteiger charge is 2.20. The smallest absolute Gasteiger partial charge is 0.224 e. The number of guanidine groups is 1. The molecule has 0 radical (unpaired) electrons. The average molecular weight is 410 g/mol. The Morgan fingerprint density at radius 2 is 1.70 bits per heavy atom. The highest BCUT2D eigenvalue weighted by molar-refractivity contribution is 5.81. The number of anilines is 1. The summed E-state index contributed by atoms with van der Waals surface area (Å²) in [5.41, 5.74) is 2.27. The molecule has 1 amide bonds. The molecule has 1 saturated heterocycles. The van der Waals surface area contributed by atoms with E-state index in [-0.39, 0.29) is 5.91 Å². The van der Waals surface area contributed by atoms with Crippen LogP contribution >= 0.6 is 0 Å². The number of methoxy groups -OCH3 is 1. The van der Waals surface area contributed by atoms with Gasteiger partial charge in [0.05, 0.1) is 7.11 Å². The van der Waals surface area contributed by atoms with Crippen LogP contribution in [0.1, 0.15) is 12.0 Å². The average Bonchev–Trinajstić information content (AvgIpc) is 2.82. The van der Waals surface area contributed by atoms with Crippen LogP contribution in [0.2, 0.25) is 0 Å². The van der Waals surface area contributed by atoms with Crippen molar-refractivity contribution >= 4 is 17.6 Å². The maximum atomic E-state index is 12.6. The third kappa shape index (κ3) is 5.89. The summed E-state index contributed by atoms with van der Waals surface area (Å²) in [5.74, 6) is 1.68. The van der Waals surface area contributed by atoms with E-state index in [1.807, 2.05) is 47.4 Å². The molecule has 1 aliphatic heterocycles. The van der Waals surface area contributed by atoms with Crippen LogP contribution in [0.15, 0.2) is 59.6 Å². The van der Waals surface area contributed by atoms with E-state index < -0.39 is 0 Å². The van der Waals surface area contributed by atoms with Gasteiger partial charge >= 0.3 is 0 Å². The first kappa shape index (κ1) is 21.5. The fourth-order valence-corrected chi connectivity index (χ4v) is 3.55. The second kappa shape index (κ2) is 11.1. The summed E-state index contributed by atoms with van der Waals surface area (Å²) < 4.78 is 5.37. The number of rotatable bonds is 7. The molecule has 2 aromatic carbocycles. The zero-order chi connectivity index (χ0) is 21.2. The minimum Gasteiger partial charge on any atom is -0.496 e. The Kier molecular flexibility index (Phi) is 7.94. The van der Waals surface area contributed by atoms with Gasteiger partial charge in [-0.15, -0.1) is 0 Å². The number of carbonyl (C=O) groups excluding carboxylic acids is 1. The van der Waals surface area contributed by atoms with Gasteiger partial charge in [-0.2, -0.15) is 0 Å². The molecule has 7 heteroatoms. The Balaban J connectivity index is 1.38. The summed E-state index contributed by atoms with van der Waals surface area (Å²) in [6.45, 7) is 4.39. The van der Waals surface area contributed by atoms with E-state index in [9.17, 15) is 4.79 Å². The number of hydrogen-bond acceptors (Lipinski definition) is 4. The lowest BCUT2D eigenvalue weighted by Gasteiger charge is -2.36. The van der Waals surface area contributed by atoms with Crippen LogP contribution in [-0.4, -0.2) is 63.6 Å². The van der Waals surface area contributed by atoms with Gasteiger partial charge in [-0.3, -0.25) is 9.79 Å². The van der Waals surface area contributed by atoms with Crippen molar-refractivity contribution in [2.24, 2.45) is 4.99 Å². The third-order valence-electron chi connectivity index (χ3n) is 5.25. The molecule has 2 N–H and O–H groups in total. The number of ether oxygens (including phenoxy) is 1. The van der Waals surface area contributed by atoms with E-state index in [1.165, 1.54) is 5.69 Å². The number of carbonyl (C=O) groups is 1. The van der Waals surface area contributed by atoms with Crippen molar-refractivity contribution in [1.82, 2.24) is 15.5 Å². The third-order valence-corrected chi connectivity index (χ3v) is 5.25. The van der Waals surface area contributed by atoms with Crippen LogP contribution in [0.4, 0.5) is 5.69 Å². The van der Waals surface area contributed by atoms with Crippen molar-refractivity contribution in [3.05, 3.63) is 60.2 Å². The van der Waals surface area contributed by atoms with E-state index in [0.717, 1.165) is 37.5 Å². The summed E-state index contributed by atoms with van der Waals surface area (Å²) in [6, 6.07) is 18.2. The monoisotopic (exact) mass is 409 g/mol. The van der Waals surface area contributed by atoms with Crippen LogP contribution < -0.4 is 20.3 Å². The van der Waals surface area contributed by atoms with Gasteiger partial charge in [0, 0.05) is 64.0 Å². The molecule has 0 saturated carbocycles. The molecule has 2 aromatic rings. The van der Waals surface area contributed by atoms with Crippen molar-refractivity contribution in [1.29, 1.82) is 0 Å². The first-order valence-electron chi connectivity index (χ1n) is 10.4. The van der Waals surface area contributed by atoms with Crippen molar-refractivity contribution in [2.75, 3.05) is 51.8 Å². The standard InChI is InChI=1S/C23H31N5O2/c1-24-23(26-18-19-8-6-7-11-21(19)30-2)25-13-12-22(29)28-16-14-27(15-17-28)20-9-4-3-5-10-20/h3-11H,12-18H2,1-2H3,(H2,24,25,26). The van der Waals surface area contributed by atoms with Gasteiger partial charge in [-0.1, -0.05) is 36.4 Å². The van der Waals surface area contributed by atoms with Crippen molar-refractivity contribution < 1.29 is 9.53 Å². The van der Waals surface area contributed by atoms with Crippen LogP contribution in [0.25, 0.3) is 0 Å². The summed E-state index contributed by atoms with van der Waals surface area (Å²) in [5, 5.41) is 6.49. The van der Waals surface area contributed by atoms with E-state index in [1.54, 1.807) is 14.2 Å². The lowest BCUT2D eigenvalue weighted by Crippen LogP contribution is -2.49. The zero-order valence-electron chi connectivity index (χ0n) is 17.8. The van der Waals surface area contributed by atoms with Gasteiger partial charge in [0.2, 0.25) is 5.91 Å². The van der Waals surface area contributed by atoms with Crippen molar-refractivity contribution in [3.8, 4) is 5.75 Å². The lowest BCUT2D eigenvalue weighted by molar-refractivity contribution is -0.131. The molecule has 1 aliphatic rings. The van der Waals surface area contributed by atoms with E-state index in [4.69, 9.17) is 4.74 Å². The van der Waals surface area contributed by atoms with E-state index in [0.29, 0.717) is 25.5 Å². The fraction of sp³-hybridized carbons (Fsp3) is 0.391. The lowest BCUT2D eigenvalue weighted by atomic mass is 10.2. The molecular formula is C23H31N5O2. The van der Waals surface area contributed by atoms with Crippen molar-refractivity contribution in [2.45, 2.75) is 13.0 Å². The minimum atomic E-state index is 0.176. The fourth-order valence-electron chi connectivity index (χ4n) is 3.55. The van der Waals surface area contributed by atoms with Crippen LogP contribution in [0.3, 0.4) is 0 Å². The zero-order valence-corrected chi connectivity index (χ0v) is 17.8. The number of hydrogen-bond donors (Lipinski definition) is 2. The molecule has 30 heavy (non-hydrogen) atoms. The summed E-state index contributed by atoms with van der Waals surface area (Å²) in [7, 11) is 3.39. The molecule has 0 atom stereocenters. The molecule has 3 rings (SSSR count). The largest absolute Gasteiger partial charge is 0.496 e. The number of piperazine rings is 1. The predicted octanol–water partition coefficient (Wildman–Crippen LogP) is 2.10. The SMILES string of the molecule is CN=C(NCCC(=O)N1CCN(c2ccccc2)CC1)NCc1ccccc1OC. The Morgan fingerprint density at radius 3 is 2.40 bits per heavy atom. The maximum Gasteiger partial charge on any atom is 0.224 e. The second-order valence-electron chi connectivity index (χ2n) is 7.12. The number of para-hydroxylation sites is 2. The van der Waals surface area contributed by atoms with Crippen molar-refractivity contribution in [3.63, 3.8) is 0 Å². The first-order chi connectivity index (χ1) is 14.7. The molecule has 0 bridgehead atoms. The summed E-state index contributed by atoms with van der Waals surface area (Å²) in [6.07, 6.45) is 0.445. The molecule has 0 aliphatic carbocycles. The molecule has 0 unspecified atom stereocenters. The first-order valence-corrected chi connectivity index (χ1v) is 10.4. The number of amides is 1. The van der Waals surface area contributed by atoms with E-state index >= 15 is 0 Å². The topological polar surface area (TPSA) is 69.2 Å². The van der Waals surface area contributed by atoms with Gasteiger partial charge in [0.1, 0.15) is 5.75 Å².